The van der Waals surface area contributed by atoms with Crippen molar-refractivity contribution in [1.82, 2.24) is 19.7 Å². The van der Waals surface area contributed by atoms with Crippen molar-refractivity contribution in [3.8, 4) is 17.2 Å². The van der Waals surface area contributed by atoms with E-state index in [0.717, 1.165) is 30.9 Å². The predicted molar refractivity (Wildman–Crippen MR) is 158 cm³/mol. The van der Waals surface area contributed by atoms with Gasteiger partial charge in [0.1, 0.15) is 5.69 Å². The van der Waals surface area contributed by atoms with Crippen LogP contribution in [0, 0.1) is 0 Å². The van der Waals surface area contributed by atoms with Gasteiger partial charge in [-0.2, -0.15) is 0 Å². The number of piperazine rings is 1. The largest absolute Gasteiger partial charge is 0.493 e. The average molecular weight is 579 g/mol. The minimum Gasteiger partial charge on any atom is -0.493 e. The van der Waals surface area contributed by atoms with E-state index in [4.69, 9.17) is 19.2 Å². The zero-order valence-electron chi connectivity index (χ0n) is 24.2. The Bertz CT molecular complexity index is 1350. The Kier molecular flexibility index (Phi) is 9.09. The number of thiazole rings is 1. The molecule has 218 valence electrons. The fraction of sp³-hybridized carbons (Fsp3) is 0.452. The van der Waals surface area contributed by atoms with Crippen molar-refractivity contribution in [3.63, 3.8) is 0 Å². The molecule has 0 spiro atoms. The number of benzene rings is 2. The molecule has 41 heavy (non-hydrogen) atoms. The molecule has 0 saturated carbocycles. The molecule has 3 aromatic rings. The molecule has 10 heteroatoms. The van der Waals surface area contributed by atoms with E-state index in [1.165, 1.54) is 19.8 Å². The summed E-state index contributed by atoms with van der Waals surface area (Å²) in [5, 5.41) is 2.86. The first kappa shape index (κ1) is 28.9. The lowest BCUT2D eigenvalue weighted by Gasteiger charge is -2.38. The van der Waals surface area contributed by atoms with Crippen LogP contribution in [-0.2, 0) is 0 Å². The van der Waals surface area contributed by atoms with Crippen molar-refractivity contribution >= 4 is 23.2 Å². The number of carbonyl (C=O) groups is 2. The Morgan fingerprint density at radius 1 is 0.829 bits per heavy atom. The second-order valence-corrected chi connectivity index (χ2v) is 11.3. The van der Waals surface area contributed by atoms with Gasteiger partial charge in [-0.3, -0.25) is 14.5 Å². The molecule has 1 unspecified atom stereocenters. The van der Waals surface area contributed by atoms with Crippen LogP contribution in [0.15, 0.2) is 47.8 Å². The third-order valence-electron chi connectivity index (χ3n) is 8.24. The number of carbonyl (C=O) groups excluding carboxylic acids is 2. The first-order chi connectivity index (χ1) is 19.9. The Hall–Kier alpha value is -3.63. The van der Waals surface area contributed by atoms with Crippen LogP contribution in [0.5, 0.6) is 17.2 Å². The van der Waals surface area contributed by atoms with Crippen molar-refractivity contribution in [3.05, 3.63) is 69.7 Å². The normalized spacial score (nSPS) is 17.3. The standard InChI is InChI=1S/C31H38N4O5S/c1-21(22-8-6-5-7-9-22)33-16-18-35(19-17-33)31(37)25-20-41-29(32-25)23-12-14-34(15-13-23)30(36)24-10-11-26(38-2)28(40-4)27(24)39-3/h5-11,20-21,23H,12-19H2,1-4H3. The maximum absolute atomic E-state index is 13.4. The van der Waals surface area contributed by atoms with Crippen molar-refractivity contribution < 1.29 is 23.8 Å². The fourth-order valence-electron chi connectivity index (χ4n) is 5.76. The topological polar surface area (TPSA) is 84.4 Å². The Morgan fingerprint density at radius 2 is 1.49 bits per heavy atom. The smallest absolute Gasteiger partial charge is 0.273 e. The third-order valence-corrected chi connectivity index (χ3v) is 9.25. The van der Waals surface area contributed by atoms with E-state index in [1.54, 1.807) is 30.6 Å². The molecule has 2 aliphatic rings. The van der Waals surface area contributed by atoms with Crippen LogP contribution in [0.3, 0.4) is 0 Å². The van der Waals surface area contributed by atoms with E-state index in [1.807, 2.05) is 21.2 Å². The van der Waals surface area contributed by atoms with Gasteiger partial charge in [0.15, 0.2) is 11.5 Å². The zero-order chi connectivity index (χ0) is 28.9. The number of likely N-dealkylation sites (tertiary alicyclic amines) is 1. The average Bonchev–Trinajstić information content (AvgIpc) is 3.54. The SMILES string of the molecule is COc1ccc(C(=O)N2CCC(c3nc(C(=O)N4CCN(C(C)c5ccccc5)CC4)cs3)CC2)c(OC)c1OC. The van der Waals surface area contributed by atoms with Crippen LogP contribution < -0.4 is 14.2 Å². The molecule has 0 radical (unpaired) electrons. The molecule has 3 heterocycles. The van der Waals surface area contributed by atoms with Gasteiger partial charge in [0.2, 0.25) is 5.75 Å². The number of amides is 2. The van der Waals surface area contributed by atoms with E-state index in [2.05, 4.69) is 36.1 Å². The van der Waals surface area contributed by atoms with Gasteiger partial charge in [-0.1, -0.05) is 30.3 Å². The fourth-order valence-corrected chi connectivity index (χ4v) is 6.72. The summed E-state index contributed by atoms with van der Waals surface area (Å²) in [6.07, 6.45) is 1.58. The summed E-state index contributed by atoms with van der Waals surface area (Å²) in [5.74, 6) is 1.42. The maximum Gasteiger partial charge on any atom is 0.273 e. The highest BCUT2D eigenvalue weighted by Gasteiger charge is 2.31. The van der Waals surface area contributed by atoms with E-state index in [0.29, 0.717) is 60.7 Å². The van der Waals surface area contributed by atoms with Crippen molar-refractivity contribution in [2.75, 3.05) is 60.6 Å². The monoisotopic (exact) mass is 578 g/mol. The Labute approximate surface area is 245 Å². The molecule has 2 aliphatic heterocycles. The van der Waals surface area contributed by atoms with Crippen LogP contribution in [0.2, 0.25) is 0 Å². The predicted octanol–water partition coefficient (Wildman–Crippen LogP) is 4.71. The second-order valence-electron chi connectivity index (χ2n) is 10.4. The molecule has 2 fully saturated rings. The van der Waals surface area contributed by atoms with Crippen molar-refractivity contribution in [1.29, 1.82) is 0 Å². The lowest BCUT2D eigenvalue weighted by atomic mass is 9.96. The summed E-state index contributed by atoms with van der Waals surface area (Å²) in [4.78, 5) is 37.6. The van der Waals surface area contributed by atoms with Crippen LogP contribution in [0.25, 0.3) is 0 Å². The third kappa shape index (κ3) is 6.04. The highest BCUT2D eigenvalue weighted by Crippen LogP contribution is 2.41. The summed E-state index contributed by atoms with van der Waals surface area (Å²) in [6, 6.07) is 14.3. The molecule has 9 nitrogen and oxygen atoms in total. The van der Waals surface area contributed by atoms with Gasteiger partial charge >= 0.3 is 0 Å². The summed E-state index contributed by atoms with van der Waals surface area (Å²) in [7, 11) is 4.60. The lowest BCUT2D eigenvalue weighted by molar-refractivity contribution is 0.0577. The number of hydrogen-bond donors (Lipinski definition) is 0. The molecule has 0 aliphatic carbocycles. The number of ether oxygens (including phenoxy) is 3. The molecule has 1 atom stereocenters. The summed E-state index contributed by atoms with van der Waals surface area (Å²) in [5.41, 5.74) is 2.28. The van der Waals surface area contributed by atoms with Gasteiger partial charge in [0.25, 0.3) is 11.8 Å². The highest BCUT2D eigenvalue weighted by molar-refractivity contribution is 7.09. The highest BCUT2D eigenvalue weighted by atomic mass is 32.1. The number of aromatic nitrogens is 1. The molecule has 0 N–H and O–H groups in total. The molecular weight excluding hydrogens is 540 g/mol. The first-order valence-electron chi connectivity index (χ1n) is 14.1. The van der Waals surface area contributed by atoms with Crippen molar-refractivity contribution in [2.24, 2.45) is 0 Å². The first-order valence-corrected chi connectivity index (χ1v) is 14.9. The maximum atomic E-state index is 13.4. The Morgan fingerprint density at radius 3 is 2.12 bits per heavy atom. The van der Waals surface area contributed by atoms with Gasteiger partial charge < -0.3 is 24.0 Å². The number of methoxy groups -OCH3 is 3. The van der Waals surface area contributed by atoms with Gasteiger partial charge in [0.05, 0.1) is 31.9 Å². The number of hydrogen-bond acceptors (Lipinski definition) is 8. The lowest BCUT2D eigenvalue weighted by Crippen LogP contribution is -2.49. The van der Waals surface area contributed by atoms with Gasteiger partial charge in [-0.15, -0.1) is 11.3 Å². The van der Waals surface area contributed by atoms with Crippen LogP contribution >= 0.6 is 11.3 Å². The quantitative estimate of drug-likeness (QED) is 0.383. The molecule has 2 saturated heterocycles. The number of nitrogens with zero attached hydrogens (tertiary/aromatic N) is 4. The summed E-state index contributed by atoms with van der Waals surface area (Å²) >= 11 is 1.55. The van der Waals surface area contributed by atoms with Gasteiger partial charge in [-0.25, -0.2) is 4.98 Å². The molecule has 0 bridgehead atoms. The van der Waals surface area contributed by atoms with Crippen LogP contribution in [0.1, 0.15) is 63.1 Å². The summed E-state index contributed by atoms with van der Waals surface area (Å²) < 4.78 is 16.3. The Balaban J connectivity index is 1.16. The van der Waals surface area contributed by atoms with E-state index < -0.39 is 0 Å². The summed E-state index contributed by atoms with van der Waals surface area (Å²) in [6.45, 7) is 6.51. The zero-order valence-corrected chi connectivity index (χ0v) is 25.0. The van der Waals surface area contributed by atoms with E-state index in [9.17, 15) is 9.59 Å². The van der Waals surface area contributed by atoms with Crippen LogP contribution in [0.4, 0.5) is 0 Å². The number of piperidine rings is 1. The minimum absolute atomic E-state index is 0.00711. The van der Waals surface area contributed by atoms with Gasteiger partial charge in [0, 0.05) is 56.6 Å². The number of rotatable bonds is 8. The van der Waals surface area contributed by atoms with E-state index in [-0.39, 0.29) is 17.7 Å². The molecule has 2 amide bonds. The molecule has 1 aromatic heterocycles. The second kappa shape index (κ2) is 12.9. The van der Waals surface area contributed by atoms with Gasteiger partial charge in [-0.05, 0) is 37.5 Å². The molecule has 5 rings (SSSR count). The van der Waals surface area contributed by atoms with Crippen molar-refractivity contribution in [2.45, 2.75) is 31.7 Å². The van der Waals surface area contributed by atoms with Crippen LogP contribution in [-0.4, -0.2) is 92.1 Å². The van der Waals surface area contributed by atoms with E-state index >= 15 is 0 Å². The minimum atomic E-state index is -0.100. The molecular formula is C31H38N4O5S. The molecule has 2 aromatic carbocycles.